The van der Waals surface area contributed by atoms with Crippen LogP contribution in [0.2, 0.25) is 0 Å². The smallest absolute Gasteiger partial charge is 0.161 e. The first-order valence-corrected chi connectivity index (χ1v) is 8.01. The summed E-state index contributed by atoms with van der Waals surface area (Å²) in [6.45, 7) is 0.473. The number of aliphatic hydroxyl groups is 1. The van der Waals surface area contributed by atoms with Gasteiger partial charge in [-0.2, -0.15) is 5.10 Å². The number of aromatic nitrogens is 2. The van der Waals surface area contributed by atoms with E-state index in [-0.39, 0.29) is 5.75 Å². The highest BCUT2D eigenvalue weighted by molar-refractivity contribution is 5.67. The summed E-state index contributed by atoms with van der Waals surface area (Å²) in [5, 5.41) is 32.6. The minimum absolute atomic E-state index is 0.207. The second-order valence-corrected chi connectivity index (χ2v) is 5.68. The molecule has 7 N–H and O–H groups in total. The molecule has 0 saturated heterocycles. The van der Waals surface area contributed by atoms with Crippen molar-refractivity contribution in [2.24, 2.45) is 5.73 Å². The van der Waals surface area contributed by atoms with Crippen molar-refractivity contribution < 1.29 is 14.9 Å². The highest BCUT2D eigenvalue weighted by Crippen LogP contribution is 2.29. The van der Waals surface area contributed by atoms with Gasteiger partial charge in [-0.15, -0.1) is 0 Å². The quantitative estimate of drug-likeness (QED) is 0.359. The van der Waals surface area contributed by atoms with Crippen LogP contribution in [0, 0.1) is 0 Å². The van der Waals surface area contributed by atoms with Crippen LogP contribution in [0.1, 0.15) is 17.4 Å². The van der Waals surface area contributed by atoms with Gasteiger partial charge in [0.15, 0.2) is 5.82 Å². The SMILES string of the molecule is COc1cccc(Nc2n[nH]c(NCc3ccc(O)cc3)c2C(N)O)c1. The predicted molar refractivity (Wildman–Crippen MR) is 99.4 cm³/mol. The lowest BCUT2D eigenvalue weighted by Gasteiger charge is -2.12. The van der Waals surface area contributed by atoms with E-state index < -0.39 is 6.23 Å². The Morgan fingerprint density at radius 3 is 2.69 bits per heavy atom. The van der Waals surface area contributed by atoms with Crippen molar-refractivity contribution in [3.8, 4) is 11.5 Å². The molecule has 1 atom stereocenters. The summed E-state index contributed by atoms with van der Waals surface area (Å²) in [6.07, 6.45) is -1.22. The molecule has 0 aliphatic carbocycles. The normalized spacial score (nSPS) is 11.8. The second-order valence-electron chi connectivity index (χ2n) is 5.68. The number of nitrogens with one attached hydrogen (secondary N) is 3. The van der Waals surface area contributed by atoms with Gasteiger partial charge in [0, 0.05) is 18.3 Å². The Hall–Kier alpha value is -3.23. The Bertz CT molecular complexity index is 862. The number of aromatic hydroxyl groups is 1. The van der Waals surface area contributed by atoms with Crippen LogP contribution in [-0.4, -0.2) is 27.5 Å². The molecule has 3 rings (SSSR count). The lowest BCUT2D eigenvalue weighted by atomic mass is 10.2. The van der Waals surface area contributed by atoms with E-state index in [0.717, 1.165) is 11.3 Å². The molecule has 26 heavy (non-hydrogen) atoms. The molecule has 0 aliphatic heterocycles. The van der Waals surface area contributed by atoms with E-state index in [1.165, 1.54) is 0 Å². The minimum Gasteiger partial charge on any atom is -0.508 e. The van der Waals surface area contributed by atoms with Crippen molar-refractivity contribution in [2.45, 2.75) is 12.8 Å². The van der Waals surface area contributed by atoms with E-state index in [4.69, 9.17) is 10.5 Å². The topological polar surface area (TPSA) is 128 Å². The van der Waals surface area contributed by atoms with Crippen molar-refractivity contribution >= 4 is 17.3 Å². The molecule has 8 heteroatoms. The third-order valence-corrected chi connectivity index (χ3v) is 3.84. The van der Waals surface area contributed by atoms with Crippen LogP contribution in [0.25, 0.3) is 0 Å². The number of hydrogen-bond donors (Lipinski definition) is 6. The van der Waals surface area contributed by atoms with Gasteiger partial charge in [-0.25, -0.2) is 0 Å². The van der Waals surface area contributed by atoms with Crippen LogP contribution in [0.3, 0.4) is 0 Å². The van der Waals surface area contributed by atoms with Gasteiger partial charge in [-0.05, 0) is 29.8 Å². The third-order valence-electron chi connectivity index (χ3n) is 3.84. The fourth-order valence-electron chi connectivity index (χ4n) is 2.51. The summed E-state index contributed by atoms with van der Waals surface area (Å²) in [4.78, 5) is 0. The molecule has 0 spiro atoms. The van der Waals surface area contributed by atoms with Crippen LogP contribution >= 0.6 is 0 Å². The third kappa shape index (κ3) is 4.05. The van der Waals surface area contributed by atoms with Gasteiger partial charge < -0.3 is 31.3 Å². The molecule has 1 unspecified atom stereocenters. The number of nitrogens with zero attached hydrogens (tertiary/aromatic N) is 1. The number of phenolic OH excluding ortho intramolecular Hbond substituents is 1. The molecule has 0 amide bonds. The highest BCUT2D eigenvalue weighted by atomic mass is 16.5. The van der Waals surface area contributed by atoms with Gasteiger partial charge in [-0.1, -0.05) is 18.2 Å². The molecule has 136 valence electrons. The van der Waals surface area contributed by atoms with E-state index in [0.29, 0.717) is 29.5 Å². The van der Waals surface area contributed by atoms with Crippen molar-refractivity contribution in [3.05, 3.63) is 59.7 Å². The van der Waals surface area contributed by atoms with Crippen molar-refractivity contribution in [1.82, 2.24) is 10.2 Å². The molecule has 0 saturated carbocycles. The summed E-state index contributed by atoms with van der Waals surface area (Å²) in [5.41, 5.74) is 7.85. The molecule has 2 aromatic carbocycles. The summed E-state index contributed by atoms with van der Waals surface area (Å²) in [6, 6.07) is 14.2. The first-order valence-electron chi connectivity index (χ1n) is 8.01. The van der Waals surface area contributed by atoms with Gasteiger partial charge in [0.05, 0.1) is 12.7 Å². The molecular weight excluding hydrogens is 334 g/mol. The first-order chi connectivity index (χ1) is 12.6. The molecule has 0 bridgehead atoms. The predicted octanol–water partition coefficient (Wildman–Crippen LogP) is 2.43. The van der Waals surface area contributed by atoms with Crippen molar-refractivity contribution in [2.75, 3.05) is 17.7 Å². The molecule has 0 fully saturated rings. The average Bonchev–Trinajstić information content (AvgIpc) is 3.04. The van der Waals surface area contributed by atoms with Crippen LogP contribution in [0.4, 0.5) is 17.3 Å². The maximum Gasteiger partial charge on any atom is 0.161 e. The fourth-order valence-corrected chi connectivity index (χ4v) is 2.51. The lowest BCUT2D eigenvalue weighted by Crippen LogP contribution is -2.13. The highest BCUT2D eigenvalue weighted by Gasteiger charge is 2.18. The van der Waals surface area contributed by atoms with E-state index in [1.807, 2.05) is 24.3 Å². The number of H-pyrrole nitrogens is 1. The molecule has 3 aromatic rings. The van der Waals surface area contributed by atoms with Crippen LogP contribution in [0.15, 0.2) is 48.5 Å². The maximum absolute atomic E-state index is 9.97. The van der Waals surface area contributed by atoms with Gasteiger partial charge in [0.2, 0.25) is 0 Å². The zero-order valence-electron chi connectivity index (χ0n) is 14.2. The number of aromatic amines is 1. The Morgan fingerprint density at radius 2 is 2.00 bits per heavy atom. The van der Waals surface area contributed by atoms with Crippen LogP contribution in [0.5, 0.6) is 11.5 Å². The lowest BCUT2D eigenvalue weighted by molar-refractivity contribution is 0.187. The number of rotatable bonds is 7. The van der Waals surface area contributed by atoms with E-state index >= 15 is 0 Å². The summed E-state index contributed by atoms with van der Waals surface area (Å²) < 4.78 is 5.20. The van der Waals surface area contributed by atoms with Crippen LogP contribution < -0.4 is 21.1 Å². The summed E-state index contributed by atoms with van der Waals surface area (Å²) in [7, 11) is 1.59. The van der Waals surface area contributed by atoms with E-state index in [9.17, 15) is 10.2 Å². The number of ether oxygens (including phenoxy) is 1. The Morgan fingerprint density at radius 1 is 1.23 bits per heavy atom. The number of hydrogen-bond acceptors (Lipinski definition) is 7. The number of phenols is 1. The average molecular weight is 355 g/mol. The standard InChI is InChI=1S/C18H21N5O3/c1-26-14-4-2-3-12(9-14)21-18-15(16(19)25)17(22-23-18)20-10-11-5-7-13(24)8-6-11/h2-9,16,24-25H,10,19H2,1H3,(H3,20,21,22,23). The number of anilines is 3. The van der Waals surface area contributed by atoms with E-state index in [1.54, 1.807) is 31.4 Å². The molecular formula is C18H21N5O3. The number of nitrogens with two attached hydrogens (primary N) is 1. The zero-order chi connectivity index (χ0) is 18.5. The minimum atomic E-state index is -1.22. The maximum atomic E-state index is 9.97. The molecule has 0 aliphatic rings. The number of benzene rings is 2. The number of methoxy groups -OCH3 is 1. The first kappa shape index (κ1) is 17.6. The molecule has 8 nitrogen and oxygen atoms in total. The molecule has 1 heterocycles. The van der Waals surface area contributed by atoms with Crippen LogP contribution in [-0.2, 0) is 6.54 Å². The fraction of sp³-hybridized carbons (Fsp3) is 0.167. The van der Waals surface area contributed by atoms with Gasteiger partial charge in [-0.3, -0.25) is 5.10 Å². The van der Waals surface area contributed by atoms with E-state index in [2.05, 4.69) is 20.8 Å². The van der Waals surface area contributed by atoms with Crippen molar-refractivity contribution in [1.29, 1.82) is 0 Å². The number of aliphatic hydroxyl groups excluding tert-OH is 1. The van der Waals surface area contributed by atoms with Gasteiger partial charge >= 0.3 is 0 Å². The summed E-state index contributed by atoms with van der Waals surface area (Å²) in [5.74, 6) is 1.84. The summed E-state index contributed by atoms with van der Waals surface area (Å²) >= 11 is 0. The van der Waals surface area contributed by atoms with Gasteiger partial charge in [0.25, 0.3) is 0 Å². The van der Waals surface area contributed by atoms with Gasteiger partial charge in [0.1, 0.15) is 23.5 Å². The Labute approximate surface area is 150 Å². The molecule has 0 radical (unpaired) electrons. The monoisotopic (exact) mass is 355 g/mol. The second kappa shape index (κ2) is 7.77. The Kier molecular flexibility index (Phi) is 5.26. The molecule has 1 aromatic heterocycles. The van der Waals surface area contributed by atoms with Crippen molar-refractivity contribution in [3.63, 3.8) is 0 Å². The Balaban J connectivity index is 1.78. The largest absolute Gasteiger partial charge is 0.508 e. The zero-order valence-corrected chi connectivity index (χ0v) is 14.2.